The summed E-state index contributed by atoms with van der Waals surface area (Å²) in [6.07, 6.45) is 0. The SMILES string of the molecule is O=C(c1ccccc1Op1oc2ccccc2c2ccccc2o1)c1ccccc1Op1oc2ccccc2c2ccccc2o1. The van der Waals surface area contributed by atoms with Crippen LogP contribution in [-0.4, -0.2) is 5.78 Å². The van der Waals surface area contributed by atoms with Gasteiger partial charge in [0.15, 0.2) is 0 Å². The molecule has 0 atom stereocenters. The van der Waals surface area contributed by atoms with Crippen molar-refractivity contribution in [3.05, 3.63) is 157 Å². The monoisotopic (exact) mass is 642 g/mol. The lowest BCUT2D eigenvalue weighted by molar-refractivity contribution is 0.103. The normalized spacial score (nSPS) is 11.1. The van der Waals surface area contributed by atoms with Crippen molar-refractivity contribution >= 4 is 66.1 Å². The van der Waals surface area contributed by atoms with E-state index < -0.39 is 16.5 Å². The highest BCUT2D eigenvalue weighted by Crippen LogP contribution is 2.41. The first-order chi connectivity index (χ1) is 22.7. The Bertz CT molecular complexity index is 2190. The summed E-state index contributed by atoms with van der Waals surface area (Å²) in [5.74, 6) is 0.337. The lowest BCUT2D eigenvalue weighted by Gasteiger charge is -2.11. The zero-order chi connectivity index (χ0) is 30.9. The summed E-state index contributed by atoms with van der Waals surface area (Å²) in [6.45, 7) is 0. The summed E-state index contributed by atoms with van der Waals surface area (Å²) in [7, 11) is -3.90. The van der Waals surface area contributed by atoms with Crippen molar-refractivity contribution in [2.24, 2.45) is 0 Å². The van der Waals surface area contributed by atoms with Gasteiger partial charge in [-0.3, -0.25) is 4.79 Å². The van der Waals surface area contributed by atoms with Gasteiger partial charge in [0.25, 0.3) is 0 Å². The summed E-state index contributed by atoms with van der Waals surface area (Å²) in [5, 5.41) is 3.60. The third kappa shape index (κ3) is 5.33. The third-order valence-corrected chi connectivity index (χ3v) is 9.50. The van der Waals surface area contributed by atoms with Crippen LogP contribution in [0.4, 0.5) is 0 Å². The average Bonchev–Trinajstić information content (AvgIpc) is 3.36. The van der Waals surface area contributed by atoms with Crippen LogP contribution in [0.2, 0.25) is 0 Å². The van der Waals surface area contributed by atoms with E-state index >= 15 is 0 Å². The summed E-state index contributed by atoms with van der Waals surface area (Å²) in [5.41, 5.74) is 3.19. The fourth-order valence-corrected chi connectivity index (χ4v) is 7.42. The number of benzene rings is 6. The molecule has 0 unspecified atom stereocenters. The molecule has 0 N–H and O–H groups in total. The van der Waals surface area contributed by atoms with Crippen LogP contribution in [0.1, 0.15) is 15.9 Å². The lowest BCUT2D eigenvalue weighted by Crippen LogP contribution is -2.04. The van der Waals surface area contributed by atoms with Crippen molar-refractivity contribution in [2.75, 3.05) is 0 Å². The predicted octanol–water partition coefficient (Wildman–Crippen LogP) is 11.8. The maximum absolute atomic E-state index is 14.2. The molecule has 2 aromatic heterocycles. The molecule has 0 aliphatic rings. The molecule has 0 aliphatic heterocycles. The highest BCUT2D eigenvalue weighted by molar-refractivity contribution is 7.32. The minimum absolute atomic E-state index is 0.303. The summed E-state index contributed by atoms with van der Waals surface area (Å²) < 4.78 is 37.6. The van der Waals surface area contributed by atoms with Crippen molar-refractivity contribution in [1.82, 2.24) is 0 Å². The maximum atomic E-state index is 14.2. The van der Waals surface area contributed by atoms with Crippen LogP contribution < -0.4 is 9.05 Å². The molecule has 0 fully saturated rings. The van der Waals surface area contributed by atoms with Gasteiger partial charge in [0, 0.05) is 21.5 Å². The third-order valence-electron chi connectivity index (χ3n) is 7.43. The van der Waals surface area contributed by atoms with Crippen LogP contribution in [0, 0.1) is 0 Å². The number of carbonyl (C=O) groups excluding carboxylic acids is 1. The van der Waals surface area contributed by atoms with Gasteiger partial charge in [-0.1, -0.05) is 97.1 Å². The van der Waals surface area contributed by atoms with E-state index in [1.165, 1.54) is 0 Å². The molecule has 46 heavy (non-hydrogen) atoms. The highest BCUT2D eigenvalue weighted by atomic mass is 31.1. The standard InChI is InChI=1S/C37H24O7P2/c38-37(29-17-5-11-23-35(29)43-45-39-31-19-7-1-13-25(31)26-14-2-8-20-32(26)40-45)30-18-6-12-24-36(30)44-46-41-33-21-9-3-15-27(33)28-16-4-10-22-34(28)42-46/h1-24H. The molecule has 0 bridgehead atoms. The maximum Gasteiger partial charge on any atom is 0.453 e. The van der Waals surface area contributed by atoms with Crippen LogP contribution >= 0.6 is 16.5 Å². The van der Waals surface area contributed by atoms with Gasteiger partial charge in [-0.15, -0.1) is 0 Å². The zero-order valence-electron chi connectivity index (χ0n) is 24.1. The Kier molecular flexibility index (Phi) is 7.31. The van der Waals surface area contributed by atoms with E-state index in [1.54, 1.807) is 48.5 Å². The lowest BCUT2D eigenvalue weighted by atomic mass is 10.0. The number of rotatable bonds is 6. The summed E-state index contributed by atoms with van der Waals surface area (Å²) in [6, 6.07) is 44.8. The van der Waals surface area contributed by atoms with E-state index in [1.807, 2.05) is 97.1 Å². The summed E-state index contributed by atoms with van der Waals surface area (Å²) in [4.78, 5) is 14.2. The van der Waals surface area contributed by atoms with Crippen LogP contribution in [0.25, 0.3) is 43.9 Å². The fraction of sp³-hybridized carbons (Fsp3) is 0. The molecule has 8 rings (SSSR count). The molecular formula is C37H24O7P2. The van der Waals surface area contributed by atoms with E-state index in [0.717, 1.165) is 21.5 Å². The van der Waals surface area contributed by atoms with Gasteiger partial charge >= 0.3 is 16.5 Å². The van der Waals surface area contributed by atoms with Gasteiger partial charge in [0.05, 0.1) is 11.1 Å². The number of fused-ring (bicyclic) bond motifs is 6. The van der Waals surface area contributed by atoms with Crippen LogP contribution in [-0.2, 0) is 0 Å². The average molecular weight is 643 g/mol. The Morgan fingerprint density at radius 1 is 0.391 bits per heavy atom. The summed E-state index contributed by atoms with van der Waals surface area (Å²) >= 11 is 0. The molecular weight excluding hydrogens is 618 g/mol. The van der Waals surface area contributed by atoms with Gasteiger partial charge in [-0.2, -0.15) is 0 Å². The molecule has 2 heterocycles. The fourth-order valence-electron chi connectivity index (χ4n) is 5.28. The van der Waals surface area contributed by atoms with E-state index in [2.05, 4.69) is 0 Å². The first kappa shape index (κ1) is 27.9. The van der Waals surface area contributed by atoms with Crippen LogP contribution in [0.5, 0.6) is 11.5 Å². The molecule has 0 aliphatic carbocycles. The Labute approximate surface area is 264 Å². The van der Waals surface area contributed by atoms with Crippen molar-refractivity contribution in [1.29, 1.82) is 0 Å². The van der Waals surface area contributed by atoms with E-state index in [9.17, 15) is 4.79 Å². The van der Waals surface area contributed by atoms with E-state index in [0.29, 0.717) is 45.0 Å². The largest absolute Gasteiger partial charge is 0.453 e. The number of para-hydroxylation sites is 6. The predicted molar refractivity (Wildman–Crippen MR) is 181 cm³/mol. The van der Waals surface area contributed by atoms with Crippen molar-refractivity contribution in [2.45, 2.75) is 0 Å². The molecule has 0 saturated heterocycles. The zero-order valence-corrected chi connectivity index (χ0v) is 25.9. The van der Waals surface area contributed by atoms with Crippen LogP contribution in [0.3, 0.4) is 0 Å². The Morgan fingerprint density at radius 2 is 0.674 bits per heavy atom. The number of hydrogen-bond acceptors (Lipinski definition) is 7. The second kappa shape index (κ2) is 12.1. The molecule has 224 valence electrons. The number of hydrogen-bond donors (Lipinski definition) is 0. The van der Waals surface area contributed by atoms with Crippen molar-refractivity contribution < 1.29 is 30.6 Å². The smallest absolute Gasteiger partial charge is 0.390 e. The van der Waals surface area contributed by atoms with Gasteiger partial charge in [-0.05, 0) is 48.5 Å². The van der Waals surface area contributed by atoms with Gasteiger partial charge in [0.2, 0.25) is 5.78 Å². The van der Waals surface area contributed by atoms with Gasteiger partial charge in [0.1, 0.15) is 33.8 Å². The molecule has 0 amide bonds. The quantitative estimate of drug-likeness (QED) is 0.167. The molecule has 7 nitrogen and oxygen atoms in total. The van der Waals surface area contributed by atoms with Crippen molar-refractivity contribution in [3.63, 3.8) is 0 Å². The first-order valence-corrected chi connectivity index (χ1v) is 16.7. The van der Waals surface area contributed by atoms with Gasteiger partial charge < -0.3 is 25.8 Å². The minimum atomic E-state index is -1.95. The van der Waals surface area contributed by atoms with E-state index in [-0.39, 0.29) is 5.78 Å². The Hall–Kier alpha value is -5.61. The van der Waals surface area contributed by atoms with Crippen LogP contribution in [0.15, 0.2) is 162 Å². The molecule has 0 radical (unpaired) electrons. The molecule has 6 aromatic carbocycles. The molecule has 0 spiro atoms. The Morgan fingerprint density at radius 3 is 1.02 bits per heavy atom. The molecule has 8 aromatic rings. The number of carbonyl (C=O) groups is 1. The number of ketones is 1. The van der Waals surface area contributed by atoms with Gasteiger partial charge in [-0.25, -0.2) is 0 Å². The second-order valence-electron chi connectivity index (χ2n) is 10.3. The second-order valence-corrected chi connectivity index (χ2v) is 12.3. The highest BCUT2D eigenvalue weighted by Gasteiger charge is 2.21. The Balaban J connectivity index is 1.19. The minimum Gasteiger partial charge on any atom is -0.390 e. The molecule has 9 heteroatoms. The topological polar surface area (TPSA) is 88.1 Å². The van der Waals surface area contributed by atoms with E-state index in [4.69, 9.17) is 25.8 Å². The van der Waals surface area contributed by atoms with Crippen molar-refractivity contribution in [3.8, 4) is 11.5 Å². The first-order valence-electron chi connectivity index (χ1n) is 14.5. The molecule has 0 saturated carbocycles.